The Hall–Kier alpha value is -3.35. The van der Waals surface area contributed by atoms with E-state index in [-0.39, 0.29) is 23.8 Å². The number of hydrogen-bond donors (Lipinski definition) is 1. The van der Waals surface area contributed by atoms with Gasteiger partial charge in [-0.2, -0.15) is 0 Å². The molecule has 31 heavy (non-hydrogen) atoms. The maximum Gasteiger partial charge on any atom is 0.263 e. The van der Waals surface area contributed by atoms with Gasteiger partial charge in [0.1, 0.15) is 5.75 Å². The van der Waals surface area contributed by atoms with Crippen molar-refractivity contribution in [3.8, 4) is 5.75 Å². The average molecular weight is 424 g/mol. The summed E-state index contributed by atoms with van der Waals surface area (Å²) >= 11 is 0. The highest BCUT2D eigenvalue weighted by atomic mass is 16.5. The third-order valence-electron chi connectivity index (χ3n) is 5.63. The Bertz CT molecular complexity index is 961. The fraction of sp³-hybridized carbons (Fsp3) is 0.375. The molecule has 7 nitrogen and oxygen atoms in total. The van der Waals surface area contributed by atoms with Crippen LogP contribution in [0.1, 0.15) is 40.1 Å². The molecule has 2 aromatic rings. The first-order valence-electron chi connectivity index (χ1n) is 10.5. The van der Waals surface area contributed by atoms with Gasteiger partial charge in [-0.05, 0) is 45.0 Å². The first kappa shape index (κ1) is 22.3. The molecule has 0 aliphatic carbocycles. The lowest BCUT2D eigenvalue weighted by Gasteiger charge is -2.40. The summed E-state index contributed by atoms with van der Waals surface area (Å²) in [7, 11) is 1.57. The molecule has 2 aromatic carbocycles. The summed E-state index contributed by atoms with van der Waals surface area (Å²) in [4.78, 5) is 41.3. The molecule has 0 saturated carbocycles. The van der Waals surface area contributed by atoms with Crippen molar-refractivity contribution in [1.29, 1.82) is 0 Å². The Morgan fingerprint density at radius 1 is 1.06 bits per heavy atom. The van der Waals surface area contributed by atoms with Gasteiger partial charge in [0.15, 0.2) is 6.10 Å². The van der Waals surface area contributed by atoms with Crippen LogP contribution in [0.2, 0.25) is 0 Å². The summed E-state index contributed by atoms with van der Waals surface area (Å²) in [5.41, 5.74) is 1.85. The van der Waals surface area contributed by atoms with Crippen LogP contribution in [0.3, 0.4) is 0 Å². The predicted molar refractivity (Wildman–Crippen MR) is 118 cm³/mol. The zero-order chi connectivity index (χ0) is 22.5. The van der Waals surface area contributed by atoms with Gasteiger partial charge in [0, 0.05) is 49.4 Å². The van der Waals surface area contributed by atoms with Crippen LogP contribution in [0.25, 0.3) is 0 Å². The van der Waals surface area contributed by atoms with Crippen LogP contribution in [0, 0.1) is 6.92 Å². The maximum atomic E-state index is 13.1. The van der Waals surface area contributed by atoms with Crippen molar-refractivity contribution in [3.63, 3.8) is 0 Å². The van der Waals surface area contributed by atoms with E-state index in [1.165, 1.54) is 0 Å². The highest BCUT2D eigenvalue weighted by Crippen LogP contribution is 2.24. The topological polar surface area (TPSA) is 79.0 Å². The van der Waals surface area contributed by atoms with E-state index in [9.17, 15) is 14.4 Å². The molecule has 1 aliphatic rings. The second-order valence-electron chi connectivity index (χ2n) is 7.77. The van der Waals surface area contributed by atoms with E-state index in [1.54, 1.807) is 61.0 Å². The zero-order valence-electron chi connectivity index (χ0n) is 18.4. The van der Waals surface area contributed by atoms with Crippen molar-refractivity contribution in [2.24, 2.45) is 0 Å². The maximum absolute atomic E-state index is 13.1. The van der Waals surface area contributed by atoms with Crippen molar-refractivity contribution in [2.45, 2.75) is 32.9 Å². The van der Waals surface area contributed by atoms with Crippen LogP contribution in [0.15, 0.2) is 48.5 Å². The van der Waals surface area contributed by atoms with E-state index in [0.29, 0.717) is 42.1 Å². The monoisotopic (exact) mass is 423 g/mol. The highest BCUT2D eigenvalue weighted by Gasteiger charge is 2.33. The Labute approximate surface area is 183 Å². The average Bonchev–Trinajstić information content (AvgIpc) is 2.79. The van der Waals surface area contributed by atoms with Crippen LogP contribution in [0.4, 0.5) is 0 Å². The molecule has 164 valence electrons. The molecule has 3 rings (SSSR count). The van der Waals surface area contributed by atoms with E-state index < -0.39 is 6.10 Å². The summed E-state index contributed by atoms with van der Waals surface area (Å²) in [6, 6.07) is 14.3. The van der Waals surface area contributed by atoms with Gasteiger partial charge in [0.25, 0.3) is 17.7 Å². The molecule has 2 atom stereocenters. The van der Waals surface area contributed by atoms with Gasteiger partial charge in [-0.1, -0.05) is 24.3 Å². The Kier molecular flexibility index (Phi) is 6.95. The van der Waals surface area contributed by atoms with Gasteiger partial charge in [-0.25, -0.2) is 0 Å². The van der Waals surface area contributed by atoms with E-state index >= 15 is 0 Å². The third kappa shape index (κ3) is 4.87. The number of carbonyl (C=O) groups is 3. The molecule has 1 saturated heterocycles. The number of nitrogens with zero attached hydrogens (tertiary/aromatic N) is 2. The third-order valence-corrected chi connectivity index (χ3v) is 5.63. The highest BCUT2D eigenvalue weighted by molar-refractivity contribution is 5.96. The number of piperazine rings is 1. The van der Waals surface area contributed by atoms with Crippen LogP contribution in [0.5, 0.6) is 5.75 Å². The van der Waals surface area contributed by atoms with Crippen LogP contribution in [-0.4, -0.2) is 66.3 Å². The second kappa shape index (κ2) is 9.64. The Morgan fingerprint density at radius 2 is 1.77 bits per heavy atom. The SMILES string of the molecule is CNC(=O)c1cccc(OC(C)C(=O)N2CCN(C(=O)c3ccccc3)C[C@H]2C)c1C. The minimum atomic E-state index is -0.711. The molecule has 0 radical (unpaired) electrons. The second-order valence-corrected chi connectivity index (χ2v) is 7.77. The van der Waals surface area contributed by atoms with E-state index in [2.05, 4.69) is 5.32 Å². The Morgan fingerprint density at radius 3 is 2.42 bits per heavy atom. The standard InChI is InChI=1S/C24H29N3O4/c1-16-15-26(24(30)19-9-6-5-7-10-19)13-14-27(16)23(29)18(3)31-21-12-8-11-20(17(21)2)22(28)25-4/h5-12,16,18H,13-15H2,1-4H3,(H,25,28)/t16-,18?/m1/s1. The zero-order valence-corrected chi connectivity index (χ0v) is 18.4. The normalized spacial score (nSPS) is 17.1. The molecule has 1 heterocycles. The molecule has 0 bridgehead atoms. The first-order valence-corrected chi connectivity index (χ1v) is 10.5. The van der Waals surface area contributed by atoms with Crippen molar-refractivity contribution < 1.29 is 19.1 Å². The molecule has 0 spiro atoms. The largest absolute Gasteiger partial charge is 0.481 e. The molecule has 7 heteroatoms. The van der Waals surface area contributed by atoms with E-state index in [4.69, 9.17) is 4.74 Å². The minimum Gasteiger partial charge on any atom is -0.481 e. The number of rotatable bonds is 5. The number of carbonyl (C=O) groups excluding carboxylic acids is 3. The fourth-order valence-corrected chi connectivity index (χ4v) is 3.83. The summed E-state index contributed by atoms with van der Waals surface area (Å²) in [6.07, 6.45) is -0.711. The van der Waals surface area contributed by atoms with E-state index in [1.807, 2.05) is 25.1 Å². The molecule has 3 amide bonds. The predicted octanol–water partition coefficient (Wildman–Crippen LogP) is 2.50. The molecule has 1 aliphatic heterocycles. The number of benzene rings is 2. The number of hydrogen-bond acceptors (Lipinski definition) is 4. The summed E-state index contributed by atoms with van der Waals surface area (Å²) in [5.74, 6) is 0.150. The van der Waals surface area contributed by atoms with Gasteiger partial charge in [-0.3, -0.25) is 14.4 Å². The fourth-order valence-electron chi connectivity index (χ4n) is 3.83. The van der Waals surface area contributed by atoms with Gasteiger partial charge in [0.05, 0.1) is 0 Å². The lowest BCUT2D eigenvalue weighted by Crippen LogP contribution is -2.57. The van der Waals surface area contributed by atoms with E-state index in [0.717, 1.165) is 0 Å². The quantitative estimate of drug-likeness (QED) is 0.802. The van der Waals surface area contributed by atoms with Gasteiger partial charge in [-0.15, -0.1) is 0 Å². The smallest absolute Gasteiger partial charge is 0.263 e. The minimum absolute atomic E-state index is 0.0227. The van der Waals surface area contributed by atoms with Gasteiger partial charge >= 0.3 is 0 Å². The number of ether oxygens (including phenoxy) is 1. The molecule has 1 N–H and O–H groups in total. The first-order chi connectivity index (χ1) is 14.8. The molecular weight excluding hydrogens is 394 g/mol. The van der Waals surface area contributed by atoms with Crippen molar-refractivity contribution in [3.05, 3.63) is 65.2 Å². The van der Waals surface area contributed by atoms with Crippen molar-refractivity contribution in [1.82, 2.24) is 15.1 Å². The summed E-state index contributed by atoms with van der Waals surface area (Å²) < 4.78 is 5.94. The number of nitrogens with one attached hydrogen (secondary N) is 1. The molecule has 0 aromatic heterocycles. The molecular formula is C24H29N3O4. The molecule has 1 fully saturated rings. The van der Waals surface area contributed by atoms with Crippen LogP contribution in [-0.2, 0) is 4.79 Å². The van der Waals surface area contributed by atoms with Gasteiger partial charge < -0.3 is 19.9 Å². The number of amides is 3. The lowest BCUT2D eigenvalue weighted by atomic mass is 10.1. The molecule has 1 unspecified atom stereocenters. The summed E-state index contributed by atoms with van der Waals surface area (Å²) in [5, 5.41) is 2.61. The summed E-state index contributed by atoms with van der Waals surface area (Å²) in [6.45, 7) is 6.84. The van der Waals surface area contributed by atoms with Gasteiger partial charge in [0.2, 0.25) is 0 Å². The lowest BCUT2D eigenvalue weighted by molar-refractivity contribution is -0.142. The van der Waals surface area contributed by atoms with Crippen LogP contribution < -0.4 is 10.1 Å². The van der Waals surface area contributed by atoms with Crippen LogP contribution >= 0.6 is 0 Å². The van der Waals surface area contributed by atoms with Crippen molar-refractivity contribution >= 4 is 17.7 Å². The van der Waals surface area contributed by atoms with Crippen molar-refractivity contribution in [2.75, 3.05) is 26.7 Å². The Balaban J connectivity index is 1.64.